The van der Waals surface area contributed by atoms with Gasteiger partial charge in [0.1, 0.15) is 5.60 Å². The van der Waals surface area contributed by atoms with Gasteiger partial charge in [-0.2, -0.15) is 0 Å². The van der Waals surface area contributed by atoms with E-state index in [1.54, 1.807) is 32.9 Å². The maximum absolute atomic E-state index is 12.4. The van der Waals surface area contributed by atoms with Crippen LogP contribution in [-0.2, 0) is 32.3 Å². The van der Waals surface area contributed by atoms with Gasteiger partial charge in [0, 0.05) is 25.5 Å². The van der Waals surface area contributed by atoms with Crippen molar-refractivity contribution in [1.82, 2.24) is 5.06 Å². The van der Waals surface area contributed by atoms with Gasteiger partial charge in [0.05, 0.1) is 32.5 Å². The fourth-order valence-electron chi connectivity index (χ4n) is 4.91. The molecule has 0 spiro atoms. The zero-order chi connectivity index (χ0) is 26.4. The summed E-state index contributed by atoms with van der Waals surface area (Å²) >= 11 is 0. The minimum absolute atomic E-state index is 0.00256. The number of fused-ring (bicyclic) bond motifs is 1. The molecule has 3 unspecified atom stereocenters. The number of aliphatic hydroxyl groups is 1. The van der Waals surface area contributed by atoms with Gasteiger partial charge in [-0.25, -0.2) is 4.79 Å². The zero-order valence-electron chi connectivity index (χ0n) is 22.1. The summed E-state index contributed by atoms with van der Waals surface area (Å²) in [6.45, 7) is 7.16. The maximum Gasteiger partial charge on any atom is 0.528 e. The van der Waals surface area contributed by atoms with Crippen molar-refractivity contribution >= 4 is 16.9 Å². The molecule has 37 heavy (non-hydrogen) atoms. The highest BCUT2D eigenvalue weighted by Gasteiger charge is 2.40. The third-order valence-corrected chi connectivity index (χ3v) is 6.53. The van der Waals surface area contributed by atoms with E-state index in [1.807, 2.05) is 36.4 Å². The molecule has 0 saturated carbocycles. The minimum Gasteiger partial charge on any atom is -0.427 e. The molecule has 3 aromatic carbocycles. The number of ether oxygens (including phenoxy) is 3. The van der Waals surface area contributed by atoms with E-state index in [1.165, 1.54) is 5.39 Å². The first-order valence-electron chi connectivity index (χ1n) is 12.7. The van der Waals surface area contributed by atoms with Crippen LogP contribution in [0.2, 0.25) is 0 Å². The molecule has 1 fully saturated rings. The van der Waals surface area contributed by atoms with Crippen molar-refractivity contribution in [2.45, 2.75) is 51.6 Å². The van der Waals surface area contributed by atoms with Crippen LogP contribution in [0, 0.1) is 5.92 Å². The summed E-state index contributed by atoms with van der Waals surface area (Å²) in [5.41, 5.74) is 2.37. The Morgan fingerprint density at radius 2 is 1.68 bits per heavy atom. The van der Waals surface area contributed by atoms with Gasteiger partial charge in [0.2, 0.25) is 0 Å². The quantitative estimate of drug-likeness (QED) is 0.407. The number of carbonyl (C=O) groups is 1. The summed E-state index contributed by atoms with van der Waals surface area (Å²) in [6.07, 6.45) is -1.01. The predicted molar refractivity (Wildman–Crippen MR) is 142 cm³/mol. The molecular weight excluding hydrogens is 470 g/mol. The molecule has 0 bridgehead atoms. The summed E-state index contributed by atoms with van der Waals surface area (Å²) < 4.78 is 17.5. The summed E-state index contributed by atoms with van der Waals surface area (Å²) in [5.74, 6) is 0.00871. The molecule has 1 aliphatic rings. The Morgan fingerprint density at radius 3 is 2.35 bits per heavy atom. The van der Waals surface area contributed by atoms with E-state index in [9.17, 15) is 9.90 Å². The molecule has 0 amide bonds. The van der Waals surface area contributed by atoms with E-state index in [4.69, 9.17) is 19.0 Å². The van der Waals surface area contributed by atoms with Gasteiger partial charge in [0.25, 0.3) is 0 Å². The molecule has 198 valence electrons. The second-order valence-electron chi connectivity index (χ2n) is 10.6. The number of aliphatic hydroxyl groups excluding tert-OH is 1. The molecule has 1 saturated heterocycles. The first-order valence-corrected chi connectivity index (χ1v) is 12.7. The molecule has 1 N–H and O–H groups in total. The highest BCUT2D eigenvalue weighted by atomic mass is 16.8. The Labute approximate surface area is 218 Å². The number of nitrogens with zero attached hydrogens (tertiary/aromatic N) is 1. The Morgan fingerprint density at radius 1 is 0.973 bits per heavy atom. The normalized spacial score (nSPS) is 20.6. The Bertz CT molecular complexity index is 1170. The third-order valence-electron chi connectivity index (χ3n) is 6.53. The first-order chi connectivity index (χ1) is 17.8. The number of methoxy groups -OCH3 is 1. The minimum atomic E-state index is -0.734. The van der Waals surface area contributed by atoms with Gasteiger partial charge in [-0.3, -0.25) is 0 Å². The molecule has 1 aliphatic heterocycles. The van der Waals surface area contributed by atoms with Crippen LogP contribution in [-0.4, -0.2) is 54.8 Å². The van der Waals surface area contributed by atoms with Gasteiger partial charge in [-0.05, 0) is 54.3 Å². The fraction of sp³-hybridized carbons (Fsp3) is 0.433. The van der Waals surface area contributed by atoms with E-state index in [0.29, 0.717) is 26.3 Å². The average Bonchev–Trinajstić information content (AvgIpc) is 2.86. The number of piperidine rings is 1. The van der Waals surface area contributed by atoms with Gasteiger partial charge in [-0.15, -0.1) is 5.06 Å². The lowest BCUT2D eigenvalue weighted by atomic mass is 9.79. The van der Waals surface area contributed by atoms with Crippen molar-refractivity contribution in [3.63, 3.8) is 0 Å². The van der Waals surface area contributed by atoms with E-state index in [0.717, 1.165) is 22.1 Å². The van der Waals surface area contributed by atoms with Crippen molar-refractivity contribution in [1.29, 1.82) is 0 Å². The van der Waals surface area contributed by atoms with E-state index in [-0.39, 0.29) is 24.5 Å². The van der Waals surface area contributed by atoms with E-state index in [2.05, 4.69) is 30.3 Å². The highest BCUT2D eigenvalue weighted by Crippen LogP contribution is 2.36. The van der Waals surface area contributed by atoms with Gasteiger partial charge >= 0.3 is 6.16 Å². The van der Waals surface area contributed by atoms with Crippen LogP contribution in [0.3, 0.4) is 0 Å². The lowest BCUT2D eigenvalue weighted by molar-refractivity contribution is -0.195. The number of hydroxylamine groups is 2. The maximum atomic E-state index is 12.4. The Balaban J connectivity index is 1.58. The van der Waals surface area contributed by atoms with E-state index >= 15 is 0 Å². The first kappa shape index (κ1) is 27.1. The third kappa shape index (κ3) is 7.29. The molecule has 0 aromatic heterocycles. The monoisotopic (exact) mass is 507 g/mol. The molecule has 0 radical (unpaired) electrons. The van der Waals surface area contributed by atoms with Gasteiger partial charge in [-0.1, -0.05) is 60.7 Å². The summed E-state index contributed by atoms with van der Waals surface area (Å²) in [6, 6.07) is 22.5. The van der Waals surface area contributed by atoms with Crippen LogP contribution >= 0.6 is 0 Å². The van der Waals surface area contributed by atoms with E-state index < -0.39 is 11.8 Å². The van der Waals surface area contributed by atoms with Crippen LogP contribution in [0.25, 0.3) is 10.8 Å². The number of hydrogen-bond acceptors (Lipinski definition) is 7. The van der Waals surface area contributed by atoms with Crippen LogP contribution in [0.5, 0.6) is 0 Å². The number of carbonyl (C=O) groups excluding carboxylic acids is 1. The molecule has 7 heteroatoms. The molecular formula is C30H37NO6. The topological polar surface area (TPSA) is 77.5 Å². The van der Waals surface area contributed by atoms with Gasteiger partial charge < -0.3 is 24.2 Å². The van der Waals surface area contributed by atoms with Crippen LogP contribution in [0.1, 0.15) is 43.4 Å². The van der Waals surface area contributed by atoms with Crippen LogP contribution in [0.4, 0.5) is 4.79 Å². The van der Waals surface area contributed by atoms with Crippen molar-refractivity contribution in [3.05, 3.63) is 83.4 Å². The fourth-order valence-corrected chi connectivity index (χ4v) is 4.91. The number of benzene rings is 3. The smallest absolute Gasteiger partial charge is 0.427 e. The summed E-state index contributed by atoms with van der Waals surface area (Å²) in [5, 5.41) is 13.5. The zero-order valence-corrected chi connectivity index (χ0v) is 22.1. The number of rotatable bonds is 8. The van der Waals surface area contributed by atoms with Crippen molar-refractivity contribution in [2.75, 3.05) is 26.8 Å². The lowest BCUT2D eigenvalue weighted by Gasteiger charge is -2.42. The standard InChI is InChI=1S/C30H37NO6/c1-30(2,3)36-29(33)37-31-16-26(20-34-4)28(24-13-9-21(18-32)10-14-24)27(17-31)35-19-22-11-12-23-7-5-6-8-25(23)15-22/h5-15,26-28,32H,16-20H2,1-4H3. The Hall–Kier alpha value is -2.97. The summed E-state index contributed by atoms with van der Waals surface area (Å²) in [4.78, 5) is 18.1. The molecule has 1 heterocycles. The molecule has 3 aromatic rings. The summed E-state index contributed by atoms with van der Waals surface area (Å²) in [7, 11) is 1.67. The SMILES string of the molecule is COCC1CN(OC(=O)OC(C)(C)C)CC(OCc2ccc3ccccc3c2)C1c1ccc(CO)cc1. The number of hydrogen-bond donors (Lipinski definition) is 1. The second kappa shape index (κ2) is 12.0. The second-order valence-corrected chi connectivity index (χ2v) is 10.6. The molecule has 4 rings (SSSR count). The van der Waals surface area contributed by atoms with Crippen molar-refractivity contribution in [2.24, 2.45) is 5.92 Å². The molecule has 3 atom stereocenters. The van der Waals surface area contributed by atoms with Crippen molar-refractivity contribution in [3.8, 4) is 0 Å². The van der Waals surface area contributed by atoms with Crippen LogP contribution in [0.15, 0.2) is 66.7 Å². The average molecular weight is 508 g/mol. The van der Waals surface area contributed by atoms with Gasteiger partial charge in [0.15, 0.2) is 0 Å². The Kier molecular flexibility index (Phi) is 8.82. The highest BCUT2D eigenvalue weighted by molar-refractivity contribution is 5.82. The molecule has 0 aliphatic carbocycles. The lowest BCUT2D eigenvalue weighted by Crippen LogP contribution is -2.51. The predicted octanol–water partition coefficient (Wildman–Crippen LogP) is 5.45. The molecule has 7 nitrogen and oxygen atoms in total. The van der Waals surface area contributed by atoms with Crippen LogP contribution < -0.4 is 0 Å². The largest absolute Gasteiger partial charge is 0.528 e. The van der Waals surface area contributed by atoms with Crippen molar-refractivity contribution < 1.29 is 28.9 Å².